The summed E-state index contributed by atoms with van der Waals surface area (Å²) in [5, 5.41) is 0. The number of hydrogen-bond acceptors (Lipinski definition) is 8. The lowest BCUT2D eigenvalue weighted by atomic mass is 9.96. The summed E-state index contributed by atoms with van der Waals surface area (Å²) in [6.45, 7) is 6.15. The number of allylic oxidation sites excluding steroid dienone is 1. The summed E-state index contributed by atoms with van der Waals surface area (Å²) in [6.07, 6.45) is 1.79. The van der Waals surface area contributed by atoms with Crippen LogP contribution in [0.15, 0.2) is 86.2 Å². The molecule has 0 saturated carbocycles. The van der Waals surface area contributed by atoms with Crippen LogP contribution in [0.1, 0.15) is 42.1 Å². The van der Waals surface area contributed by atoms with Crippen molar-refractivity contribution in [2.45, 2.75) is 33.4 Å². The second kappa shape index (κ2) is 13.0. The van der Waals surface area contributed by atoms with Crippen molar-refractivity contribution in [1.82, 2.24) is 4.57 Å². The van der Waals surface area contributed by atoms with Crippen molar-refractivity contribution in [1.29, 1.82) is 0 Å². The van der Waals surface area contributed by atoms with Crippen molar-refractivity contribution >= 4 is 39.3 Å². The zero-order valence-corrected chi connectivity index (χ0v) is 26.9. The van der Waals surface area contributed by atoms with E-state index in [1.54, 1.807) is 44.8 Å². The number of fused-ring (bicyclic) bond motifs is 1. The molecule has 4 aromatic rings. The Morgan fingerprint density at radius 3 is 2.40 bits per heavy atom. The first-order chi connectivity index (χ1) is 20.7. The van der Waals surface area contributed by atoms with Crippen LogP contribution in [0, 0.1) is 6.92 Å². The van der Waals surface area contributed by atoms with Gasteiger partial charge in [0.2, 0.25) is 0 Å². The maximum absolute atomic E-state index is 14.0. The highest BCUT2D eigenvalue weighted by atomic mass is 79.9. The third-order valence-corrected chi connectivity index (χ3v) is 8.61. The molecule has 0 spiro atoms. The molecule has 0 fully saturated rings. The van der Waals surface area contributed by atoms with Gasteiger partial charge in [-0.1, -0.05) is 53.3 Å². The molecule has 0 radical (unpaired) electrons. The molecule has 8 nitrogen and oxygen atoms in total. The van der Waals surface area contributed by atoms with Crippen molar-refractivity contribution in [3.05, 3.63) is 118 Å². The van der Waals surface area contributed by atoms with Crippen LogP contribution in [-0.2, 0) is 16.1 Å². The van der Waals surface area contributed by atoms with Crippen molar-refractivity contribution in [3.63, 3.8) is 0 Å². The van der Waals surface area contributed by atoms with Crippen molar-refractivity contribution in [3.8, 4) is 17.2 Å². The lowest BCUT2D eigenvalue weighted by molar-refractivity contribution is -0.139. The maximum atomic E-state index is 14.0. The lowest BCUT2D eigenvalue weighted by Crippen LogP contribution is -2.39. The van der Waals surface area contributed by atoms with Crippen LogP contribution in [0.3, 0.4) is 0 Å². The van der Waals surface area contributed by atoms with E-state index in [1.807, 2.05) is 61.5 Å². The molecule has 10 heteroatoms. The van der Waals surface area contributed by atoms with Gasteiger partial charge in [-0.05, 0) is 83.7 Å². The Labute approximate surface area is 261 Å². The number of nitrogens with zero attached hydrogens (tertiary/aromatic N) is 2. The number of halogens is 1. The van der Waals surface area contributed by atoms with Gasteiger partial charge in [0.25, 0.3) is 5.56 Å². The Bertz CT molecular complexity index is 1890. The Morgan fingerprint density at radius 2 is 1.72 bits per heavy atom. The molecule has 0 N–H and O–H groups in total. The van der Waals surface area contributed by atoms with Gasteiger partial charge in [0.05, 0.1) is 47.1 Å². The quantitative estimate of drug-likeness (QED) is 0.221. The second-order valence-corrected chi connectivity index (χ2v) is 11.7. The fraction of sp³-hybridized carbons (Fsp3) is 0.242. The topological polar surface area (TPSA) is 88.4 Å². The van der Waals surface area contributed by atoms with Crippen LogP contribution in [-0.4, -0.2) is 31.4 Å². The average Bonchev–Trinajstić information content (AvgIpc) is 3.30. The van der Waals surface area contributed by atoms with E-state index < -0.39 is 12.0 Å². The molecule has 0 amide bonds. The summed E-state index contributed by atoms with van der Waals surface area (Å²) in [6, 6.07) is 18.4. The van der Waals surface area contributed by atoms with Crippen LogP contribution >= 0.6 is 27.3 Å². The molecule has 0 bridgehead atoms. The number of thiazole rings is 1. The van der Waals surface area contributed by atoms with E-state index in [0.717, 1.165) is 16.7 Å². The van der Waals surface area contributed by atoms with E-state index in [0.29, 0.717) is 48.9 Å². The maximum Gasteiger partial charge on any atom is 0.338 e. The summed E-state index contributed by atoms with van der Waals surface area (Å²) in [5.74, 6) is 1.27. The number of methoxy groups -OCH3 is 2. The van der Waals surface area contributed by atoms with Crippen LogP contribution in [0.5, 0.6) is 17.2 Å². The van der Waals surface area contributed by atoms with E-state index in [4.69, 9.17) is 18.9 Å². The molecule has 2 heterocycles. The number of ether oxygens (including phenoxy) is 4. The predicted molar refractivity (Wildman–Crippen MR) is 170 cm³/mol. The van der Waals surface area contributed by atoms with E-state index >= 15 is 0 Å². The number of aryl methyl sites for hydroxylation is 1. The third kappa shape index (κ3) is 6.30. The number of esters is 1. The predicted octanol–water partition coefficient (Wildman–Crippen LogP) is 5.47. The van der Waals surface area contributed by atoms with Gasteiger partial charge < -0.3 is 18.9 Å². The van der Waals surface area contributed by atoms with Gasteiger partial charge in [-0.2, -0.15) is 0 Å². The fourth-order valence-electron chi connectivity index (χ4n) is 4.85. The molecule has 43 heavy (non-hydrogen) atoms. The zero-order valence-electron chi connectivity index (χ0n) is 24.5. The third-order valence-electron chi connectivity index (χ3n) is 7.01. The summed E-state index contributed by atoms with van der Waals surface area (Å²) in [4.78, 5) is 32.3. The van der Waals surface area contributed by atoms with Crippen LogP contribution < -0.4 is 29.1 Å². The first kappa shape index (κ1) is 30.3. The molecule has 3 aromatic carbocycles. The van der Waals surface area contributed by atoms with E-state index in [9.17, 15) is 9.59 Å². The monoisotopic (exact) mass is 662 g/mol. The second-order valence-electron chi connectivity index (χ2n) is 9.88. The summed E-state index contributed by atoms with van der Waals surface area (Å²) < 4.78 is 25.1. The molecule has 0 unspecified atom stereocenters. The number of rotatable bonds is 9. The van der Waals surface area contributed by atoms with Crippen LogP contribution in [0.4, 0.5) is 0 Å². The van der Waals surface area contributed by atoms with Crippen LogP contribution in [0.2, 0.25) is 0 Å². The van der Waals surface area contributed by atoms with Gasteiger partial charge in [0, 0.05) is 0 Å². The molecular weight excluding hydrogens is 632 g/mol. The molecule has 5 rings (SSSR count). The summed E-state index contributed by atoms with van der Waals surface area (Å²) >= 11 is 4.80. The van der Waals surface area contributed by atoms with Gasteiger partial charge in [-0.3, -0.25) is 9.36 Å². The average molecular weight is 664 g/mol. The first-order valence-corrected chi connectivity index (χ1v) is 15.2. The molecule has 1 aliphatic rings. The smallest absolute Gasteiger partial charge is 0.338 e. The Kier molecular flexibility index (Phi) is 9.17. The molecular formula is C33H31BrN2O6S. The normalized spacial score (nSPS) is 14.7. The SMILES string of the molecule is CCOC(=O)C1=C(C)N=c2s/c(=C/c3ccc(OCc4ccc(C)cc4)c(OC)c3)c(=O)n2[C@@H]1c1ccc(OC)c(Br)c1. The van der Waals surface area contributed by atoms with Gasteiger partial charge in [-0.25, -0.2) is 9.79 Å². The number of carbonyl (C=O) groups is 1. The highest BCUT2D eigenvalue weighted by molar-refractivity contribution is 9.10. The largest absolute Gasteiger partial charge is 0.496 e. The summed E-state index contributed by atoms with van der Waals surface area (Å²) in [5.41, 5.74) is 4.26. The number of benzene rings is 3. The first-order valence-electron chi connectivity index (χ1n) is 13.6. The van der Waals surface area contributed by atoms with Gasteiger partial charge in [0.15, 0.2) is 16.3 Å². The van der Waals surface area contributed by atoms with Crippen LogP contribution in [0.25, 0.3) is 6.08 Å². The minimum absolute atomic E-state index is 0.200. The Hall–Kier alpha value is -4.15. The standard InChI is InChI=1S/C33H31BrN2O6S/c1-6-41-32(38)29-20(3)35-33-36(30(29)23-12-14-25(39-4)24(34)17-23)31(37)28(43-33)16-22-11-13-26(27(15-22)40-5)42-18-21-9-7-19(2)8-10-21/h7-17,30H,6,18H2,1-5H3/b28-16+/t30-/m1/s1. The van der Waals surface area contributed by atoms with Gasteiger partial charge in [0.1, 0.15) is 12.4 Å². The fourth-order valence-corrected chi connectivity index (χ4v) is 6.45. The van der Waals surface area contributed by atoms with Crippen molar-refractivity contribution in [2.24, 2.45) is 4.99 Å². The highest BCUT2D eigenvalue weighted by Gasteiger charge is 2.33. The highest BCUT2D eigenvalue weighted by Crippen LogP contribution is 2.35. The van der Waals surface area contributed by atoms with Gasteiger partial charge in [-0.15, -0.1) is 0 Å². The Morgan fingerprint density at radius 1 is 1.00 bits per heavy atom. The molecule has 1 aliphatic heterocycles. The minimum atomic E-state index is -0.730. The molecule has 1 atom stereocenters. The minimum Gasteiger partial charge on any atom is -0.496 e. The number of carbonyl (C=O) groups excluding carboxylic acids is 1. The zero-order chi connectivity index (χ0) is 30.7. The molecule has 0 saturated heterocycles. The van der Waals surface area contributed by atoms with Crippen molar-refractivity contribution < 1.29 is 23.7 Å². The van der Waals surface area contributed by atoms with Gasteiger partial charge >= 0.3 is 5.97 Å². The number of hydrogen-bond donors (Lipinski definition) is 0. The van der Waals surface area contributed by atoms with E-state index in [2.05, 4.69) is 20.9 Å². The Balaban J connectivity index is 1.55. The molecule has 0 aliphatic carbocycles. The summed E-state index contributed by atoms with van der Waals surface area (Å²) in [7, 11) is 3.16. The lowest BCUT2D eigenvalue weighted by Gasteiger charge is -2.25. The molecule has 222 valence electrons. The van der Waals surface area contributed by atoms with E-state index in [1.165, 1.54) is 16.9 Å². The van der Waals surface area contributed by atoms with E-state index in [-0.39, 0.29) is 12.2 Å². The number of aromatic nitrogens is 1. The molecule has 1 aromatic heterocycles. The van der Waals surface area contributed by atoms with Crippen molar-refractivity contribution in [2.75, 3.05) is 20.8 Å².